The van der Waals surface area contributed by atoms with Crippen molar-refractivity contribution in [2.45, 2.75) is 0 Å². The lowest BCUT2D eigenvalue weighted by molar-refractivity contribution is -0.136. The van der Waals surface area contributed by atoms with E-state index in [9.17, 15) is 31.5 Å². The second-order valence-electron chi connectivity index (χ2n) is 7.38. The van der Waals surface area contributed by atoms with Gasteiger partial charge in [0, 0.05) is 11.5 Å². The molecule has 37 heavy (non-hydrogen) atoms. The second kappa shape index (κ2) is 10.2. The second-order valence-corrected chi connectivity index (χ2v) is 7.38. The van der Waals surface area contributed by atoms with Crippen LogP contribution in [-0.2, 0) is 4.79 Å². The van der Waals surface area contributed by atoms with Gasteiger partial charge in [0.1, 0.15) is 11.3 Å². The van der Waals surface area contributed by atoms with Gasteiger partial charge >= 0.3 is 11.6 Å². The van der Waals surface area contributed by atoms with E-state index in [-0.39, 0.29) is 16.9 Å². The van der Waals surface area contributed by atoms with Crippen molar-refractivity contribution in [3.8, 4) is 34.1 Å². The van der Waals surface area contributed by atoms with Gasteiger partial charge in [-0.2, -0.15) is 8.78 Å². The van der Waals surface area contributed by atoms with Crippen LogP contribution in [0.1, 0.15) is 0 Å². The third-order valence-electron chi connectivity index (χ3n) is 5.14. The molecule has 1 aromatic heterocycles. The summed E-state index contributed by atoms with van der Waals surface area (Å²) in [6.07, 6.45) is 0. The first-order valence-electron chi connectivity index (χ1n) is 10.3. The number of fused-ring (bicyclic) bond motifs is 1. The van der Waals surface area contributed by atoms with Gasteiger partial charge in [-0.3, -0.25) is 0 Å². The van der Waals surface area contributed by atoms with Crippen LogP contribution in [0.3, 0.4) is 0 Å². The van der Waals surface area contributed by atoms with E-state index in [1.807, 2.05) is 0 Å². The van der Waals surface area contributed by atoms with Crippen LogP contribution in [0, 0.1) is 29.1 Å². The largest absolute Gasteiger partial charge is 0.493 e. The molecule has 192 valence electrons. The van der Waals surface area contributed by atoms with E-state index in [1.54, 1.807) is 24.3 Å². The van der Waals surface area contributed by atoms with Gasteiger partial charge in [-0.25, -0.2) is 22.8 Å². The number of ether oxygens (including phenoxy) is 4. The molecule has 0 N–H and O–H groups in total. The van der Waals surface area contributed by atoms with E-state index in [1.165, 1.54) is 32.4 Å². The normalized spacial score (nSPS) is 10.9. The quantitative estimate of drug-likeness (QED) is 0.0829. The first-order chi connectivity index (χ1) is 17.6. The number of hydrogen-bond acceptors (Lipinski definition) is 7. The van der Waals surface area contributed by atoms with Crippen LogP contribution in [0.4, 0.5) is 22.0 Å². The van der Waals surface area contributed by atoms with Gasteiger partial charge in [0.05, 0.1) is 19.8 Å². The Labute approximate surface area is 204 Å². The van der Waals surface area contributed by atoms with Crippen LogP contribution < -0.4 is 24.6 Å². The molecule has 7 nitrogen and oxygen atoms in total. The number of esters is 1. The summed E-state index contributed by atoms with van der Waals surface area (Å²) in [6, 6.07) is 10.4. The molecule has 0 atom stereocenters. The molecule has 0 fully saturated rings. The monoisotopic (exact) mass is 522 g/mol. The van der Waals surface area contributed by atoms with Crippen molar-refractivity contribution >= 4 is 16.9 Å². The average Bonchev–Trinajstić information content (AvgIpc) is 2.89. The minimum atomic E-state index is -2.36. The zero-order chi connectivity index (χ0) is 26.9. The van der Waals surface area contributed by atoms with Gasteiger partial charge in [0.15, 0.2) is 23.9 Å². The van der Waals surface area contributed by atoms with E-state index in [2.05, 4.69) is 4.74 Å². The lowest BCUT2D eigenvalue weighted by Gasteiger charge is -2.11. The maximum Gasteiger partial charge on any atom is 0.349 e. The molecule has 4 rings (SSSR count). The SMILES string of the molecule is COc1ccc(-c2cc3ccc(OC(=O)COc4c(F)c(F)c(F)c(F)c4F)cc3oc2=O)cc1OC. The van der Waals surface area contributed by atoms with Crippen molar-refractivity contribution in [2.75, 3.05) is 20.8 Å². The van der Waals surface area contributed by atoms with Gasteiger partial charge in [-0.15, -0.1) is 0 Å². The molecule has 12 heteroatoms. The summed E-state index contributed by atoms with van der Waals surface area (Å²) in [5, 5.41) is 0.460. The van der Waals surface area contributed by atoms with Crippen molar-refractivity contribution in [1.82, 2.24) is 0 Å². The molecule has 0 aliphatic heterocycles. The van der Waals surface area contributed by atoms with Gasteiger partial charge < -0.3 is 23.4 Å². The van der Waals surface area contributed by atoms with Crippen molar-refractivity contribution in [2.24, 2.45) is 0 Å². The summed E-state index contributed by atoms with van der Waals surface area (Å²) in [5.74, 6) is -13.4. The lowest BCUT2D eigenvalue weighted by atomic mass is 10.1. The zero-order valence-corrected chi connectivity index (χ0v) is 19.0. The summed E-state index contributed by atoms with van der Waals surface area (Å²) in [4.78, 5) is 24.6. The third kappa shape index (κ3) is 4.90. The van der Waals surface area contributed by atoms with E-state index in [4.69, 9.17) is 18.6 Å². The Morgan fingerprint density at radius 1 is 0.811 bits per heavy atom. The molecule has 0 aliphatic rings. The van der Waals surface area contributed by atoms with E-state index >= 15 is 0 Å². The van der Waals surface area contributed by atoms with Crippen molar-refractivity contribution < 1.29 is 50.1 Å². The molecule has 4 aromatic rings. The molecule has 0 amide bonds. The highest BCUT2D eigenvalue weighted by Crippen LogP contribution is 2.33. The smallest absolute Gasteiger partial charge is 0.349 e. The fourth-order valence-electron chi connectivity index (χ4n) is 3.36. The highest BCUT2D eigenvalue weighted by atomic mass is 19.2. The van der Waals surface area contributed by atoms with Crippen molar-refractivity contribution in [3.63, 3.8) is 0 Å². The Balaban J connectivity index is 1.53. The third-order valence-corrected chi connectivity index (χ3v) is 5.14. The molecule has 0 unspecified atom stereocenters. The first-order valence-corrected chi connectivity index (χ1v) is 10.3. The van der Waals surface area contributed by atoms with Gasteiger partial charge in [-0.1, -0.05) is 6.07 Å². The lowest BCUT2D eigenvalue weighted by Crippen LogP contribution is -2.19. The van der Waals surface area contributed by atoms with Crippen LogP contribution in [-0.4, -0.2) is 26.8 Å². The summed E-state index contributed by atoms with van der Waals surface area (Å²) in [5.41, 5.74) is 0.0431. The highest BCUT2D eigenvalue weighted by molar-refractivity contribution is 5.84. The number of carbonyl (C=O) groups is 1. The van der Waals surface area contributed by atoms with Crippen LogP contribution >= 0.6 is 0 Å². The average molecular weight is 522 g/mol. The Morgan fingerprint density at radius 3 is 2.11 bits per heavy atom. The van der Waals surface area contributed by atoms with Gasteiger partial charge in [-0.05, 0) is 35.9 Å². The molecule has 0 radical (unpaired) electrons. The number of halogens is 5. The van der Waals surface area contributed by atoms with Crippen LogP contribution in [0.15, 0.2) is 51.7 Å². The van der Waals surface area contributed by atoms with Gasteiger partial charge in [0.25, 0.3) is 0 Å². The minimum Gasteiger partial charge on any atom is -0.493 e. The summed E-state index contributed by atoms with van der Waals surface area (Å²) >= 11 is 0. The minimum absolute atomic E-state index is 0.0419. The Morgan fingerprint density at radius 2 is 1.46 bits per heavy atom. The van der Waals surface area contributed by atoms with E-state index in [0.29, 0.717) is 22.4 Å². The van der Waals surface area contributed by atoms with E-state index in [0.717, 1.165) is 0 Å². The molecular formula is C25H15F5O7. The number of methoxy groups -OCH3 is 2. The Kier molecular flexibility index (Phi) is 7.00. The Bertz CT molecular complexity index is 1550. The fourth-order valence-corrected chi connectivity index (χ4v) is 3.36. The highest BCUT2D eigenvalue weighted by Gasteiger charge is 2.27. The standard InChI is InChI=1S/C25H15F5O7/c1-33-15-6-4-11(8-17(15)34-2)14-7-12-3-5-13(9-16(12)37-25(14)32)36-18(31)10-35-24-22(29)20(27)19(26)21(28)23(24)30/h3-9H,10H2,1-2H3. The number of carbonyl (C=O) groups excluding carboxylic acids is 1. The predicted octanol–water partition coefficient (Wildman–Crippen LogP) is 5.16. The molecule has 3 aromatic carbocycles. The van der Waals surface area contributed by atoms with Crippen LogP contribution in [0.5, 0.6) is 23.0 Å². The predicted molar refractivity (Wildman–Crippen MR) is 118 cm³/mol. The zero-order valence-electron chi connectivity index (χ0n) is 19.0. The maximum absolute atomic E-state index is 13.7. The molecule has 0 bridgehead atoms. The molecule has 0 aliphatic carbocycles. The summed E-state index contributed by atoms with van der Waals surface area (Å²) < 4.78 is 92.1. The van der Waals surface area contributed by atoms with Crippen LogP contribution in [0.25, 0.3) is 22.1 Å². The number of benzene rings is 3. The van der Waals surface area contributed by atoms with Crippen molar-refractivity contribution in [1.29, 1.82) is 0 Å². The molecule has 1 heterocycles. The number of rotatable bonds is 7. The van der Waals surface area contributed by atoms with Crippen molar-refractivity contribution in [3.05, 3.63) is 82.0 Å². The summed E-state index contributed by atoms with van der Waals surface area (Å²) in [6.45, 7) is -1.18. The van der Waals surface area contributed by atoms with Gasteiger partial charge in [0.2, 0.25) is 29.1 Å². The topological polar surface area (TPSA) is 84.2 Å². The maximum atomic E-state index is 13.7. The molecule has 0 saturated carbocycles. The van der Waals surface area contributed by atoms with E-state index < -0.39 is 53.0 Å². The first kappa shape index (κ1) is 25.5. The Hall–Kier alpha value is -4.61. The van der Waals surface area contributed by atoms with Crippen LogP contribution in [0.2, 0.25) is 0 Å². The molecular weight excluding hydrogens is 507 g/mol. The molecule has 0 spiro atoms. The fraction of sp³-hybridized carbons (Fsp3) is 0.120. The summed E-state index contributed by atoms with van der Waals surface area (Å²) in [7, 11) is 2.92. The number of hydrogen-bond donors (Lipinski definition) is 0. The molecule has 0 saturated heterocycles.